The van der Waals surface area contributed by atoms with E-state index in [-0.39, 0.29) is 0 Å². The van der Waals surface area contributed by atoms with Crippen LogP contribution in [0.15, 0.2) is 23.5 Å². The highest BCUT2D eigenvalue weighted by Gasteiger charge is 2.26. The summed E-state index contributed by atoms with van der Waals surface area (Å²) in [6.45, 7) is 8.04. The van der Waals surface area contributed by atoms with E-state index in [2.05, 4.69) is 35.4 Å². The van der Waals surface area contributed by atoms with Crippen LogP contribution in [-0.4, -0.2) is 88.4 Å². The van der Waals surface area contributed by atoms with Crippen LogP contribution >= 0.6 is 0 Å². The average molecular weight is 436 g/mol. The van der Waals surface area contributed by atoms with E-state index in [1.165, 1.54) is 0 Å². The van der Waals surface area contributed by atoms with Gasteiger partial charge in [-0.05, 0) is 38.3 Å². The van der Waals surface area contributed by atoms with Gasteiger partial charge in [-0.2, -0.15) is 0 Å². The zero-order valence-corrected chi connectivity index (χ0v) is 19.2. The minimum atomic E-state index is -0.693. The predicted octanol–water partition coefficient (Wildman–Crippen LogP) is 1.23. The van der Waals surface area contributed by atoms with E-state index in [1.807, 2.05) is 20.0 Å². The van der Waals surface area contributed by atoms with Crippen LogP contribution < -0.4 is 15.5 Å². The molecule has 0 aromatic carbocycles. The SMILES string of the molecule is CCS(=O)C1CCCC(NC(=NC)NCCCN2CCN(c3ncccn3)CC2)C1. The molecule has 3 atom stereocenters. The molecule has 2 aliphatic rings. The van der Waals surface area contributed by atoms with Crippen LogP contribution in [0.5, 0.6) is 0 Å². The van der Waals surface area contributed by atoms with E-state index >= 15 is 0 Å². The Morgan fingerprint density at radius 2 is 2.00 bits per heavy atom. The second-order valence-corrected chi connectivity index (χ2v) is 10.0. The molecule has 0 bridgehead atoms. The number of aromatic nitrogens is 2. The molecular weight excluding hydrogens is 398 g/mol. The van der Waals surface area contributed by atoms with Crippen LogP contribution in [0, 0.1) is 0 Å². The van der Waals surface area contributed by atoms with E-state index < -0.39 is 10.8 Å². The van der Waals surface area contributed by atoms with Gasteiger partial charge in [0.15, 0.2) is 5.96 Å². The van der Waals surface area contributed by atoms with Gasteiger partial charge in [-0.3, -0.25) is 14.1 Å². The summed E-state index contributed by atoms with van der Waals surface area (Å²) >= 11 is 0. The lowest BCUT2D eigenvalue weighted by Gasteiger charge is -2.34. The van der Waals surface area contributed by atoms with Gasteiger partial charge in [0.2, 0.25) is 5.95 Å². The number of anilines is 1. The molecule has 0 radical (unpaired) electrons. The summed E-state index contributed by atoms with van der Waals surface area (Å²) in [5.74, 6) is 2.46. The Hall–Kier alpha value is -1.74. The first-order valence-electron chi connectivity index (χ1n) is 11.3. The van der Waals surface area contributed by atoms with Gasteiger partial charge in [-0.15, -0.1) is 0 Å². The Balaban J connectivity index is 1.31. The molecule has 1 saturated carbocycles. The van der Waals surface area contributed by atoms with Crippen LogP contribution in [0.1, 0.15) is 39.0 Å². The normalized spacial score (nSPS) is 24.5. The second kappa shape index (κ2) is 12.2. The summed E-state index contributed by atoms with van der Waals surface area (Å²) in [5, 5.41) is 7.33. The molecule has 3 unspecified atom stereocenters. The van der Waals surface area contributed by atoms with Crippen molar-refractivity contribution in [3.63, 3.8) is 0 Å². The Labute approximate surface area is 183 Å². The van der Waals surface area contributed by atoms with Gasteiger partial charge >= 0.3 is 0 Å². The van der Waals surface area contributed by atoms with Crippen molar-refractivity contribution in [2.24, 2.45) is 4.99 Å². The third-order valence-corrected chi connectivity index (χ3v) is 7.74. The van der Waals surface area contributed by atoms with E-state index in [4.69, 9.17) is 0 Å². The van der Waals surface area contributed by atoms with Gasteiger partial charge in [-0.1, -0.05) is 13.3 Å². The molecule has 2 heterocycles. The first-order valence-corrected chi connectivity index (χ1v) is 12.7. The maximum Gasteiger partial charge on any atom is 0.225 e. The summed E-state index contributed by atoms with van der Waals surface area (Å²) in [4.78, 5) is 17.8. The molecule has 8 nitrogen and oxygen atoms in total. The smallest absolute Gasteiger partial charge is 0.225 e. The van der Waals surface area contributed by atoms with Crippen LogP contribution in [0.3, 0.4) is 0 Å². The zero-order chi connectivity index (χ0) is 21.2. The number of hydrogen-bond acceptors (Lipinski definition) is 6. The minimum Gasteiger partial charge on any atom is -0.356 e. The fourth-order valence-electron chi connectivity index (χ4n) is 4.27. The first kappa shape index (κ1) is 22.9. The van der Waals surface area contributed by atoms with Crippen LogP contribution in [0.25, 0.3) is 0 Å². The summed E-state index contributed by atoms with van der Waals surface area (Å²) in [7, 11) is 1.13. The van der Waals surface area contributed by atoms with Crippen molar-refractivity contribution >= 4 is 22.7 Å². The molecule has 2 fully saturated rings. The lowest BCUT2D eigenvalue weighted by Crippen LogP contribution is -2.48. The summed E-state index contributed by atoms with van der Waals surface area (Å²) in [6.07, 6.45) is 9.04. The summed E-state index contributed by atoms with van der Waals surface area (Å²) in [5.41, 5.74) is 0. The molecule has 0 amide bonds. The van der Waals surface area contributed by atoms with Crippen molar-refractivity contribution in [2.45, 2.75) is 50.3 Å². The third-order valence-electron chi connectivity index (χ3n) is 6.00. The number of piperazine rings is 1. The summed E-state index contributed by atoms with van der Waals surface area (Å²) in [6, 6.07) is 2.23. The number of nitrogens with zero attached hydrogens (tertiary/aromatic N) is 5. The van der Waals surface area contributed by atoms with Gasteiger partial charge in [0.25, 0.3) is 0 Å². The highest BCUT2D eigenvalue weighted by atomic mass is 32.2. The van der Waals surface area contributed by atoms with Gasteiger partial charge in [-0.25, -0.2) is 9.97 Å². The van der Waals surface area contributed by atoms with Crippen molar-refractivity contribution in [3.05, 3.63) is 18.5 Å². The van der Waals surface area contributed by atoms with Gasteiger partial charge in [0.1, 0.15) is 0 Å². The fraction of sp³-hybridized carbons (Fsp3) is 0.762. The van der Waals surface area contributed by atoms with Crippen LogP contribution in [0.2, 0.25) is 0 Å². The van der Waals surface area contributed by atoms with Crippen molar-refractivity contribution in [3.8, 4) is 0 Å². The van der Waals surface area contributed by atoms with Crippen LogP contribution in [0.4, 0.5) is 5.95 Å². The molecule has 3 rings (SSSR count). The number of rotatable bonds is 8. The maximum absolute atomic E-state index is 12.2. The van der Waals surface area contributed by atoms with Crippen molar-refractivity contribution in [1.29, 1.82) is 0 Å². The molecule has 30 heavy (non-hydrogen) atoms. The minimum absolute atomic E-state index is 0.333. The topological polar surface area (TPSA) is 85.8 Å². The van der Waals surface area contributed by atoms with Crippen molar-refractivity contribution in [1.82, 2.24) is 25.5 Å². The predicted molar refractivity (Wildman–Crippen MR) is 125 cm³/mol. The molecule has 1 aromatic rings. The first-order chi connectivity index (χ1) is 14.7. The highest BCUT2D eigenvalue weighted by Crippen LogP contribution is 2.23. The van der Waals surface area contributed by atoms with E-state index in [9.17, 15) is 4.21 Å². The Bertz CT molecular complexity index is 679. The zero-order valence-electron chi connectivity index (χ0n) is 18.4. The average Bonchev–Trinajstić information content (AvgIpc) is 2.81. The molecule has 2 N–H and O–H groups in total. The largest absolute Gasteiger partial charge is 0.356 e. The lowest BCUT2D eigenvalue weighted by atomic mass is 9.95. The molecule has 1 aliphatic heterocycles. The van der Waals surface area contributed by atoms with E-state index in [1.54, 1.807) is 12.4 Å². The van der Waals surface area contributed by atoms with Crippen LogP contribution in [-0.2, 0) is 10.8 Å². The van der Waals surface area contributed by atoms with Crippen molar-refractivity contribution in [2.75, 3.05) is 57.0 Å². The van der Waals surface area contributed by atoms with Crippen molar-refractivity contribution < 1.29 is 4.21 Å². The lowest BCUT2D eigenvalue weighted by molar-refractivity contribution is 0.254. The molecule has 0 spiro atoms. The number of hydrogen-bond donors (Lipinski definition) is 2. The second-order valence-electron chi connectivity index (χ2n) is 8.03. The number of aliphatic imine (C=N–C) groups is 1. The molecule has 1 saturated heterocycles. The van der Waals surface area contributed by atoms with E-state index in [0.29, 0.717) is 11.3 Å². The monoisotopic (exact) mass is 435 g/mol. The van der Waals surface area contributed by atoms with Gasteiger partial charge < -0.3 is 15.5 Å². The molecular formula is C21H37N7OS. The summed E-state index contributed by atoms with van der Waals surface area (Å²) < 4.78 is 12.2. The molecule has 9 heteroatoms. The Morgan fingerprint density at radius 3 is 2.70 bits per heavy atom. The van der Waals surface area contributed by atoms with E-state index in [0.717, 1.165) is 89.0 Å². The maximum atomic E-state index is 12.2. The standard InChI is InChI=1S/C21H37N7OS/c1-3-30(29)19-8-4-7-18(17-19)26-20(22-2)23-11-6-12-27-13-15-28(16-14-27)21-24-9-5-10-25-21/h5,9-10,18-19H,3-4,6-8,11-17H2,1-2H3,(H2,22,23,26). The number of guanidine groups is 1. The highest BCUT2D eigenvalue weighted by molar-refractivity contribution is 7.85. The Kier molecular flexibility index (Phi) is 9.32. The fourth-order valence-corrected chi connectivity index (χ4v) is 5.62. The number of nitrogens with one attached hydrogen (secondary N) is 2. The van der Waals surface area contributed by atoms with Gasteiger partial charge in [0, 0.05) is 80.0 Å². The molecule has 1 aromatic heterocycles. The molecule has 1 aliphatic carbocycles. The van der Waals surface area contributed by atoms with Gasteiger partial charge in [0.05, 0.1) is 0 Å². The Morgan fingerprint density at radius 1 is 1.23 bits per heavy atom. The quantitative estimate of drug-likeness (QED) is 0.361. The molecule has 168 valence electrons. The third kappa shape index (κ3) is 6.91.